The van der Waals surface area contributed by atoms with Gasteiger partial charge in [0.15, 0.2) is 0 Å². The Bertz CT molecular complexity index is 1190. The van der Waals surface area contributed by atoms with E-state index in [0.717, 1.165) is 21.2 Å². The van der Waals surface area contributed by atoms with Gasteiger partial charge in [-0.2, -0.15) is 0 Å². The van der Waals surface area contributed by atoms with Gasteiger partial charge < -0.3 is 10.6 Å². The third kappa shape index (κ3) is 3.70. The maximum atomic E-state index is 13.3. The molecular weight excluding hydrogens is 409 g/mol. The third-order valence-corrected chi connectivity index (χ3v) is 6.01. The summed E-state index contributed by atoms with van der Waals surface area (Å²) in [7, 11) is 0. The molecule has 3 aromatic rings. The van der Waals surface area contributed by atoms with Crippen molar-refractivity contribution in [2.75, 3.05) is 6.54 Å². The average Bonchev–Trinajstić information content (AvgIpc) is 3.04. The molecule has 1 fully saturated rings. The van der Waals surface area contributed by atoms with Crippen molar-refractivity contribution in [2.45, 2.75) is 31.8 Å². The second kappa shape index (κ2) is 8.42. The highest BCUT2D eigenvalue weighted by molar-refractivity contribution is 6.09. The second-order valence-corrected chi connectivity index (χ2v) is 7.94. The van der Waals surface area contributed by atoms with E-state index in [0.29, 0.717) is 5.56 Å². The van der Waals surface area contributed by atoms with Gasteiger partial charge in [-0.1, -0.05) is 61.5 Å². The molecule has 1 aliphatic heterocycles. The highest BCUT2D eigenvalue weighted by Gasteiger charge is 2.51. The minimum absolute atomic E-state index is 0.272. The van der Waals surface area contributed by atoms with Crippen molar-refractivity contribution in [3.8, 4) is 0 Å². The number of hydrogen-bond donors (Lipinski definition) is 2. The van der Waals surface area contributed by atoms with Gasteiger partial charge in [-0.15, -0.1) is 0 Å². The minimum Gasteiger partial charge on any atom is -0.348 e. The number of amides is 4. The zero-order valence-electron chi connectivity index (χ0n) is 17.9. The monoisotopic (exact) mass is 433 g/mol. The number of rotatable bonds is 6. The summed E-state index contributed by atoms with van der Waals surface area (Å²) in [4.78, 5) is 39.5. The highest BCUT2D eigenvalue weighted by Crippen LogP contribution is 2.32. The lowest BCUT2D eigenvalue weighted by atomic mass is 9.87. The molecule has 0 radical (unpaired) electrons. The van der Waals surface area contributed by atoms with E-state index in [1.165, 1.54) is 24.3 Å². The first-order valence-electron chi connectivity index (χ1n) is 10.5. The third-order valence-electron chi connectivity index (χ3n) is 6.01. The van der Waals surface area contributed by atoms with Crippen LogP contribution in [0.1, 0.15) is 37.4 Å². The van der Waals surface area contributed by atoms with E-state index in [2.05, 4.69) is 10.6 Å². The molecule has 2 N–H and O–H groups in total. The molecule has 32 heavy (non-hydrogen) atoms. The van der Waals surface area contributed by atoms with Crippen LogP contribution in [0, 0.1) is 5.82 Å². The Morgan fingerprint density at radius 3 is 2.47 bits per heavy atom. The number of imide groups is 1. The predicted octanol–water partition coefficient (Wildman–Crippen LogP) is 4.01. The normalized spacial score (nSPS) is 19.2. The van der Waals surface area contributed by atoms with E-state index in [1.807, 2.05) is 49.4 Å². The number of nitrogens with zero attached hydrogens (tertiary/aromatic N) is 1. The second-order valence-electron chi connectivity index (χ2n) is 7.94. The van der Waals surface area contributed by atoms with Gasteiger partial charge in [0.2, 0.25) is 5.91 Å². The van der Waals surface area contributed by atoms with Gasteiger partial charge in [0.25, 0.3) is 5.91 Å². The summed E-state index contributed by atoms with van der Waals surface area (Å²) in [6.45, 7) is 3.22. The first kappa shape index (κ1) is 21.5. The fourth-order valence-electron chi connectivity index (χ4n) is 4.28. The first-order valence-corrected chi connectivity index (χ1v) is 10.5. The minimum atomic E-state index is -1.31. The number of nitrogens with one attached hydrogen (secondary N) is 2. The van der Waals surface area contributed by atoms with Crippen LogP contribution < -0.4 is 10.6 Å². The quantitative estimate of drug-likeness (QED) is 0.577. The Morgan fingerprint density at radius 2 is 1.75 bits per heavy atom. The summed E-state index contributed by atoms with van der Waals surface area (Å²) < 4.78 is 13.3. The molecule has 6 nitrogen and oxygen atoms in total. The fourth-order valence-corrected chi connectivity index (χ4v) is 4.28. The average molecular weight is 433 g/mol. The van der Waals surface area contributed by atoms with E-state index in [9.17, 15) is 18.8 Å². The number of halogens is 1. The molecule has 1 heterocycles. The molecule has 0 aromatic heterocycles. The van der Waals surface area contributed by atoms with Gasteiger partial charge in [0.05, 0.1) is 6.04 Å². The van der Waals surface area contributed by atoms with Crippen molar-refractivity contribution in [2.24, 2.45) is 0 Å². The van der Waals surface area contributed by atoms with E-state index >= 15 is 0 Å². The Hall–Kier alpha value is -3.74. The van der Waals surface area contributed by atoms with Crippen molar-refractivity contribution in [1.29, 1.82) is 0 Å². The van der Waals surface area contributed by atoms with Gasteiger partial charge in [-0.3, -0.25) is 14.5 Å². The zero-order chi connectivity index (χ0) is 22.9. The molecule has 4 rings (SSSR count). The van der Waals surface area contributed by atoms with Crippen LogP contribution in [0.25, 0.3) is 10.8 Å². The highest BCUT2D eigenvalue weighted by atomic mass is 19.1. The lowest BCUT2D eigenvalue weighted by Gasteiger charge is -2.26. The molecule has 0 bridgehead atoms. The molecule has 2 atom stereocenters. The number of carbonyl (C=O) groups is 3. The van der Waals surface area contributed by atoms with Crippen molar-refractivity contribution in [1.82, 2.24) is 15.5 Å². The molecule has 0 aliphatic carbocycles. The lowest BCUT2D eigenvalue weighted by Crippen LogP contribution is -2.45. The Kier molecular flexibility index (Phi) is 5.65. The molecule has 164 valence electrons. The van der Waals surface area contributed by atoms with Gasteiger partial charge in [0, 0.05) is 0 Å². The van der Waals surface area contributed by atoms with E-state index in [4.69, 9.17) is 0 Å². The summed E-state index contributed by atoms with van der Waals surface area (Å²) in [6, 6.07) is 18.2. The van der Waals surface area contributed by atoms with Gasteiger partial charge in [0.1, 0.15) is 17.9 Å². The molecule has 0 spiro atoms. The summed E-state index contributed by atoms with van der Waals surface area (Å²) in [5, 5.41) is 7.68. The Balaban J connectivity index is 1.51. The molecule has 3 aromatic carbocycles. The van der Waals surface area contributed by atoms with Crippen LogP contribution in [0.15, 0.2) is 66.7 Å². The molecular formula is C25H24FN3O3. The number of fused-ring (bicyclic) bond motifs is 1. The molecule has 7 heteroatoms. The van der Waals surface area contributed by atoms with Crippen molar-refractivity contribution in [3.63, 3.8) is 0 Å². The van der Waals surface area contributed by atoms with Crippen molar-refractivity contribution < 1.29 is 18.8 Å². The van der Waals surface area contributed by atoms with Crippen LogP contribution in [0.4, 0.5) is 9.18 Å². The number of carbonyl (C=O) groups excluding carboxylic acids is 3. The van der Waals surface area contributed by atoms with Crippen LogP contribution in [0.3, 0.4) is 0 Å². The molecule has 1 aliphatic rings. The van der Waals surface area contributed by atoms with Crippen molar-refractivity contribution >= 4 is 28.6 Å². The maximum absolute atomic E-state index is 13.3. The summed E-state index contributed by atoms with van der Waals surface area (Å²) in [5.41, 5.74) is 0.112. The fraction of sp³-hybridized carbons (Fsp3) is 0.240. The molecule has 2 unspecified atom stereocenters. The first-order chi connectivity index (χ1) is 15.4. The Labute approximate surface area is 185 Å². The van der Waals surface area contributed by atoms with Gasteiger partial charge in [-0.05, 0) is 47.4 Å². The van der Waals surface area contributed by atoms with Crippen LogP contribution >= 0.6 is 0 Å². The van der Waals surface area contributed by atoms with Gasteiger partial charge in [-0.25, -0.2) is 9.18 Å². The van der Waals surface area contributed by atoms with Gasteiger partial charge >= 0.3 is 6.03 Å². The van der Waals surface area contributed by atoms with Crippen LogP contribution in [-0.2, 0) is 15.1 Å². The summed E-state index contributed by atoms with van der Waals surface area (Å²) >= 11 is 0. The zero-order valence-corrected chi connectivity index (χ0v) is 17.9. The molecule has 0 saturated carbocycles. The van der Waals surface area contributed by atoms with Crippen molar-refractivity contribution in [3.05, 3.63) is 83.7 Å². The predicted molar refractivity (Wildman–Crippen MR) is 119 cm³/mol. The standard InChI is InChI=1S/C25H24FN3O3/c1-3-25(18-11-13-19(26)14-12-18)23(31)29(24(32)28-25)15-22(30)27-16(2)20-10-6-8-17-7-4-5-9-21(17)20/h4-14,16H,3,15H2,1-2H3,(H,27,30)(H,28,32). The lowest BCUT2D eigenvalue weighted by molar-refractivity contribution is -0.135. The maximum Gasteiger partial charge on any atom is 0.325 e. The number of urea groups is 1. The largest absolute Gasteiger partial charge is 0.348 e. The summed E-state index contributed by atoms with van der Waals surface area (Å²) in [5.74, 6) is -1.40. The number of hydrogen-bond acceptors (Lipinski definition) is 3. The van der Waals surface area contributed by atoms with E-state index < -0.39 is 35.7 Å². The van der Waals surface area contributed by atoms with E-state index in [1.54, 1.807) is 6.92 Å². The SMILES string of the molecule is CCC1(c2ccc(F)cc2)NC(=O)N(CC(=O)NC(C)c2cccc3ccccc23)C1=O. The van der Waals surface area contributed by atoms with E-state index in [-0.39, 0.29) is 12.5 Å². The van der Waals surface area contributed by atoms with Crippen LogP contribution in [0.2, 0.25) is 0 Å². The molecule has 1 saturated heterocycles. The summed E-state index contributed by atoms with van der Waals surface area (Å²) in [6.07, 6.45) is 0.272. The van der Waals surface area contributed by atoms with Crippen LogP contribution in [0.5, 0.6) is 0 Å². The smallest absolute Gasteiger partial charge is 0.325 e. The number of benzene rings is 3. The molecule has 4 amide bonds. The Morgan fingerprint density at radius 1 is 1.06 bits per heavy atom. The topological polar surface area (TPSA) is 78.5 Å². The van der Waals surface area contributed by atoms with Crippen LogP contribution in [-0.4, -0.2) is 29.3 Å².